The highest BCUT2D eigenvalue weighted by Crippen LogP contribution is 2.36. The molecule has 8 heteroatoms. The van der Waals surface area contributed by atoms with Gasteiger partial charge in [0.2, 0.25) is 0 Å². The molecule has 0 saturated carbocycles. The maximum atomic E-state index is 10.2. The number of nitrogens with zero attached hydrogens (tertiary/aromatic N) is 5. The number of fused-ring (bicyclic) bond motifs is 1. The van der Waals surface area contributed by atoms with Crippen molar-refractivity contribution in [2.45, 2.75) is 45.6 Å². The summed E-state index contributed by atoms with van der Waals surface area (Å²) >= 11 is 0. The summed E-state index contributed by atoms with van der Waals surface area (Å²) in [5.41, 5.74) is 3.98. The van der Waals surface area contributed by atoms with Crippen molar-refractivity contribution in [2.75, 3.05) is 55.7 Å². The molecule has 0 spiro atoms. The largest absolute Gasteiger partial charge is 0.392 e. The SMILES string of the molecule is CC(O)CN(CC(C)O)c1nc(N2CCOCC2)c2c(c1C#N)CCN(Cc1ccccc1)C2. The number of aliphatic hydroxyl groups excluding tert-OH is 2. The second-order valence-electron chi connectivity index (χ2n) is 9.35. The highest BCUT2D eigenvalue weighted by Gasteiger charge is 2.30. The van der Waals surface area contributed by atoms with Crippen LogP contribution >= 0.6 is 0 Å². The molecule has 2 aromatic rings. The summed E-state index contributed by atoms with van der Waals surface area (Å²) < 4.78 is 5.58. The van der Waals surface area contributed by atoms with Crippen molar-refractivity contribution >= 4 is 11.6 Å². The number of anilines is 2. The maximum Gasteiger partial charge on any atom is 0.149 e. The third-order valence-corrected chi connectivity index (χ3v) is 6.37. The van der Waals surface area contributed by atoms with E-state index in [0.29, 0.717) is 37.7 Å². The summed E-state index contributed by atoms with van der Waals surface area (Å²) in [4.78, 5) is 11.6. The van der Waals surface area contributed by atoms with E-state index in [1.54, 1.807) is 13.8 Å². The lowest BCUT2D eigenvalue weighted by molar-refractivity contribution is 0.122. The minimum atomic E-state index is -0.615. The van der Waals surface area contributed by atoms with Crippen LogP contribution in [0.3, 0.4) is 0 Å². The standard InChI is InChI=1S/C26H35N5O3/c1-19(32)15-31(16-20(2)33)25-23(14-27)22-8-9-29(17-21-6-4-3-5-7-21)18-24(22)26(28-25)30-10-12-34-13-11-30/h3-7,19-20,32-33H,8-13,15-18H2,1-2H3. The van der Waals surface area contributed by atoms with Gasteiger partial charge in [-0.2, -0.15) is 5.26 Å². The van der Waals surface area contributed by atoms with E-state index in [1.165, 1.54) is 5.56 Å². The second-order valence-corrected chi connectivity index (χ2v) is 9.35. The van der Waals surface area contributed by atoms with Crippen LogP contribution in [0, 0.1) is 11.3 Å². The van der Waals surface area contributed by atoms with Crippen molar-refractivity contribution in [1.82, 2.24) is 9.88 Å². The number of hydrogen-bond acceptors (Lipinski definition) is 8. The highest BCUT2D eigenvalue weighted by atomic mass is 16.5. The average molecular weight is 466 g/mol. The number of hydrogen-bond donors (Lipinski definition) is 2. The summed E-state index contributed by atoms with van der Waals surface area (Å²) in [6.45, 7) is 9.24. The number of ether oxygens (including phenoxy) is 1. The van der Waals surface area contributed by atoms with Crippen LogP contribution in [0.1, 0.15) is 36.1 Å². The number of pyridine rings is 1. The molecule has 2 aliphatic heterocycles. The summed E-state index contributed by atoms with van der Waals surface area (Å²) in [5, 5.41) is 30.5. The summed E-state index contributed by atoms with van der Waals surface area (Å²) in [7, 11) is 0. The molecule has 3 heterocycles. The summed E-state index contributed by atoms with van der Waals surface area (Å²) in [6.07, 6.45) is -0.470. The van der Waals surface area contributed by atoms with E-state index >= 15 is 0 Å². The van der Waals surface area contributed by atoms with E-state index in [2.05, 4.69) is 40.1 Å². The molecule has 1 saturated heterocycles. The van der Waals surface area contributed by atoms with Gasteiger partial charge in [0, 0.05) is 51.4 Å². The lowest BCUT2D eigenvalue weighted by Gasteiger charge is -2.37. The molecule has 1 fully saturated rings. The third kappa shape index (κ3) is 5.68. The van der Waals surface area contributed by atoms with E-state index in [1.807, 2.05) is 11.0 Å². The highest BCUT2D eigenvalue weighted by molar-refractivity contribution is 5.68. The lowest BCUT2D eigenvalue weighted by Crippen LogP contribution is -2.41. The molecule has 34 heavy (non-hydrogen) atoms. The van der Waals surface area contributed by atoms with Crippen LogP contribution in [0.15, 0.2) is 30.3 Å². The fourth-order valence-electron chi connectivity index (χ4n) is 4.90. The van der Waals surface area contributed by atoms with Gasteiger partial charge in [-0.25, -0.2) is 4.98 Å². The first-order valence-electron chi connectivity index (χ1n) is 12.1. The molecule has 182 valence electrons. The zero-order valence-electron chi connectivity index (χ0n) is 20.2. The number of benzene rings is 1. The van der Waals surface area contributed by atoms with Gasteiger partial charge in [0.05, 0.1) is 31.0 Å². The van der Waals surface area contributed by atoms with Gasteiger partial charge in [0.1, 0.15) is 17.7 Å². The molecule has 4 rings (SSSR count). The van der Waals surface area contributed by atoms with E-state index in [0.717, 1.165) is 56.1 Å². The van der Waals surface area contributed by atoms with E-state index < -0.39 is 12.2 Å². The van der Waals surface area contributed by atoms with Gasteiger partial charge in [0.15, 0.2) is 0 Å². The van der Waals surface area contributed by atoms with Crippen molar-refractivity contribution in [3.63, 3.8) is 0 Å². The Balaban J connectivity index is 1.76. The Morgan fingerprint density at radius 2 is 1.74 bits per heavy atom. The van der Waals surface area contributed by atoms with Crippen LogP contribution in [0.2, 0.25) is 0 Å². The van der Waals surface area contributed by atoms with Crippen molar-refractivity contribution in [3.8, 4) is 6.07 Å². The fourth-order valence-corrected chi connectivity index (χ4v) is 4.90. The summed E-state index contributed by atoms with van der Waals surface area (Å²) in [6, 6.07) is 12.9. The van der Waals surface area contributed by atoms with Gasteiger partial charge in [-0.05, 0) is 31.4 Å². The predicted octanol–water partition coefficient (Wildman–Crippen LogP) is 1.92. The number of rotatable bonds is 8. The van der Waals surface area contributed by atoms with E-state index in [9.17, 15) is 15.5 Å². The molecule has 0 amide bonds. The Morgan fingerprint density at radius 3 is 2.35 bits per heavy atom. The molecule has 2 N–H and O–H groups in total. The van der Waals surface area contributed by atoms with Gasteiger partial charge in [-0.1, -0.05) is 30.3 Å². The number of morpholine rings is 1. The van der Waals surface area contributed by atoms with Gasteiger partial charge >= 0.3 is 0 Å². The van der Waals surface area contributed by atoms with Gasteiger partial charge in [-0.3, -0.25) is 4.90 Å². The molecule has 2 unspecified atom stereocenters. The number of aromatic nitrogens is 1. The first kappa shape index (κ1) is 24.4. The minimum absolute atomic E-state index is 0.300. The second kappa shape index (κ2) is 11.2. The average Bonchev–Trinajstić information content (AvgIpc) is 2.83. The zero-order valence-corrected chi connectivity index (χ0v) is 20.2. The normalized spacial score (nSPS) is 18.1. The molecule has 1 aromatic heterocycles. The smallest absolute Gasteiger partial charge is 0.149 e. The Bertz CT molecular complexity index is 990. The molecule has 0 aliphatic carbocycles. The Morgan fingerprint density at radius 1 is 1.06 bits per heavy atom. The molecule has 0 radical (unpaired) electrons. The van der Waals surface area contributed by atoms with Crippen LogP contribution in [0.25, 0.3) is 0 Å². The number of aliphatic hydroxyl groups is 2. The van der Waals surface area contributed by atoms with E-state index in [4.69, 9.17) is 9.72 Å². The Hall–Kier alpha value is -2.70. The summed E-state index contributed by atoms with van der Waals surface area (Å²) in [5.74, 6) is 1.45. The molecule has 8 nitrogen and oxygen atoms in total. The first-order chi connectivity index (χ1) is 16.5. The topological polar surface area (TPSA) is 96.1 Å². The number of nitriles is 1. The van der Waals surface area contributed by atoms with Gasteiger partial charge < -0.3 is 24.7 Å². The Labute approximate surface area is 202 Å². The van der Waals surface area contributed by atoms with Crippen molar-refractivity contribution in [1.29, 1.82) is 5.26 Å². The first-order valence-corrected chi connectivity index (χ1v) is 12.1. The van der Waals surface area contributed by atoms with Gasteiger partial charge in [0.25, 0.3) is 0 Å². The van der Waals surface area contributed by atoms with Crippen LogP contribution < -0.4 is 9.80 Å². The molecular formula is C26H35N5O3. The van der Waals surface area contributed by atoms with Crippen LogP contribution in [-0.2, 0) is 24.2 Å². The van der Waals surface area contributed by atoms with Crippen LogP contribution in [0.5, 0.6) is 0 Å². The molecule has 2 aliphatic rings. The van der Waals surface area contributed by atoms with Crippen molar-refractivity contribution in [3.05, 3.63) is 52.6 Å². The van der Waals surface area contributed by atoms with Crippen molar-refractivity contribution < 1.29 is 14.9 Å². The van der Waals surface area contributed by atoms with Crippen LogP contribution in [-0.4, -0.2) is 78.2 Å². The van der Waals surface area contributed by atoms with E-state index in [-0.39, 0.29) is 0 Å². The lowest BCUT2D eigenvalue weighted by atomic mass is 9.94. The van der Waals surface area contributed by atoms with Crippen LogP contribution in [0.4, 0.5) is 11.6 Å². The monoisotopic (exact) mass is 465 g/mol. The van der Waals surface area contributed by atoms with Gasteiger partial charge in [-0.15, -0.1) is 0 Å². The quantitative estimate of drug-likeness (QED) is 0.611. The Kier molecular flexibility index (Phi) is 8.01. The predicted molar refractivity (Wildman–Crippen MR) is 132 cm³/mol. The molecular weight excluding hydrogens is 430 g/mol. The fraction of sp³-hybridized carbons (Fsp3) is 0.538. The maximum absolute atomic E-state index is 10.2. The third-order valence-electron chi connectivity index (χ3n) is 6.37. The minimum Gasteiger partial charge on any atom is -0.392 e. The molecule has 2 atom stereocenters. The molecule has 1 aromatic carbocycles. The zero-order chi connectivity index (χ0) is 24.1. The molecule has 0 bridgehead atoms. The van der Waals surface area contributed by atoms with Crippen molar-refractivity contribution in [2.24, 2.45) is 0 Å².